The van der Waals surface area contributed by atoms with E-state index in [0.29, 0.717) is 24.3 Å². The van der Waals surface area contributed by atoms with Gasteiger partial charge in [-0.1, -0.05) is 34.6 Å². The molecule has 1 N–H and O–H groups in total. The van der Waals surface area contributed by atoms with Crippen LogP contribution < -0.4 is 5.32 Å². The second-order valence-corrected chi connectivity index (χ2v) is 10.3. The summed E-state index contributed by atoms with van der Waals surface area (Å²) < 4.78 is 0. The fourth-order valence-electron chi connectivity index (χ4n) is 4.74. The lowest BCUT2D eigenvalue weighted by atomic mass is 9.91. The van der Waals surface area contributed by atoms with Gasteiger partial charge >= 0.3 is 0 Å². The van der Waals surface area contributed by atoms with Crippen LogP contribution in [-0.4, -0.2) is 84.9 Å². The lowest BCUT2D eigenvalue weighted by Gasteiger charge is -2.42. The first kappa shape index (κ1) is 25.1. The number of piperazine rings is 1. The van der Waals surface area contributed by atoms with Crippen molar-refractivity contribution in [3.63, 3.8) is 0 Å². The van der Waals surface area contributed by atoms with Gasteiger partial charge in [-0.05, 0) is 70.0 Å². The van der Waals surface area contributed by atoms with Crippen LogP contribution in [0.1, 0.15) is 66.7 Å². The molecular weight excluding hydrogens is 376 g/mol. The topological polar surface area (TPSA) is 55.9 Å². The van der Waals surface area contributed by atoms with Crippen molar-refractivity contribution in [3.05, 3.63) is 0 Å². The maximum atomic E-state index is 13.5. The number of rotatable bonds is 10. The van der Waals surface area contributed by atoms with Crippen LogP contribution in [0.3, 0.4) is 0 Å². The molecule has 0 unspecified atom stereocenters. The van der Waals surface area contributed by atoms with E-state index in [-0.39, 0.29) is 23.9 Å². The van der Waals surface area contributed by atoms with Gasteiger partial charge in [0.05, 0.1) is 6.04 Å². The van der Waals surface area contributed by atoms with Crippen LogP contribution in [0.2, 0.25) is 0 Å². The molecular formula is C24H46N4O2. The normalized spacial score (nSPS) is 22.4. The Morgan fingerprint density at radius 2 is 1.80 bits per heavy atom. The molecule has 0 spiro atoms. The van der Waals surface area contributed by atoms with Gasteiger partial charge in [0.15, 0.2) is 0 Å². The van der Waals surface area contributed by atoms with Gasteiger partial charge in [0, 0.05) is 26.2 Å². The molecule has 0 aromatic heterocycles. The Hall–Kier alpha value is -1.14. The first-order valence-corrected chi connectivity index (χ1v) is 12.2. The summed E-state index contributed by atoms with van der Waals surface area (Å²) in [6.45, 7) is 16.1. The average Bonchev–Trinajstić information content (AvgIpc) is 2.71. The molecule has 2 atom stereocenters. The van der Waals surface area contributed by atoms with E-state index >= 15 is 0 Å². The van der Waals surface area contributed by atoms with Gasteiger partial charge in [-0.2, -0.15) is 0 Å². The number of carbonyl (C=O) groups is 2. The lowest BCUT2D eigenvalue weighted by Crippen LogP contribution is -2.62. The van der Waals surface area contributed by atoms with Crippen LogP contribution in [0.5, 0.6) is 0 Å². The maximum Gasteiger partial charge on any atom is 0.245 e. The number of nitrogens with zero attached hydrogens (tertiary/aromatic N) is 3. The molecule has 30 heavy (non-hydrogen) atoms. The molecule has 0 radical (unpaired) electrons. The third-order valence-electron chi connectivity index (χ3n) is 6.77. The van der Waals surface area contributed by atoms with E-state index in [9.17, 15) is 9.59 Å². The molecule has 0 aromatic carbocycles. The molecule has 2 rings (SSSR count). The highest BCUT2D eigenvalue weighted by molar-refractivity contribution is 5.90. The first-order valence-electron chi connectivity index (χ1n) is 12.2. The first-order chi connectivity index (χ1) is 14.2. The minimum absolute atomic E-state index is 0.117. The molecule has 0 aliphatic carbocycles. The minimum atomic E-state index is -0.308. The molecule has 0 aromatic rings. The Kier molecular flexibility index (Phi) is 10.1. The molecule has 2 fully saturated rings. The number of hydrogen-bond acceptors (Lipinski definition) is 4. The minimum Gasteiger partial charge on any atom is -0.341 e. The summed E-state index contributed by atoms with van der Waals surface area (Å²) in [5.74, 6) is 1.84. The molecule has 0 bridgehead atoms. The summed E-state index contributed by atoms with van der Waals surface area (Å²) in [4.78, 5) is 33.0. The van der Waals surface area contributed by atoms with Crippen molar-refractivity contribution in [1.29, 1.82) is 0 Å². The Balaban J connectivity index is 1.99. The van der Waals surface area contributed by atoms with Gasteiger partial charge < -0.3 is 20.0 Å². The highest BCUT2D eigenvalue weighted by Crippen LogP contribution is 2.25. The molecule has 0 saturated carbocycles. The van der Waals surface area contributed by atoms with Crippen LogP contribution in [-0.2, 0) is 9.59 Å². The summed E-state index contributed by atoms with van der Waals surface area (Å²) in [6, 6.07) is -0.459. The summed E-state index contributed by atoms with van der Waals surface area (Å²) in [5, 5.41) is 3.37. The number of hydrogen-bond donors (Lipinski definition) is 1. The highest BCUT2D eigenvalue weighted by Gasteiger charge is 2.39. The van der Waals surface area contributed by atoms with Crippen molar-refractivity contribution in [2.75, 3.05) is 46.3 Å². The van der Waals surface area contributed by atoms with Gasteiger partial charge in [-0.15, -0.1) is 0 Å². The molecule has 2 amide bonds. The van der Waals surface area contributed by atoms with E-state index < -0.39 is 0 Å². The smallest absolute Gasteiger partial charge is 0.245 e. The summed E-state index contributed by atoms with van der Waals surface area (Å²) in [5.41, 5.74) is 0. The van der Waals surface area contributed by atoms with E-state index in [0.717, 1.165) is 58.4 Å². The number of likely N-dealkylation sites (tertiary alicyclic amines) is 1. The predicted octanol–water partition coefficient (Wildman–Crippen LogP) is 2.83. The van der Waals surface area contributed by atoms with Crippen molar-refractivity contribution in [2.45, 2.75) is 78.8 Å². The number of carbonyl (C=O) groups excluding carboxylic acids is 2. The van der Waals surface area contributed by atoms with E-state index in [1.165, 1.54) is 6.42 Å². The van der Waals surface area contributed by atoms with Crippen molar-refractivity contribution >= 4 is 11.8 Å². The SMILES string of the molecule is CCN(C)CCC1CCN(C(=O)[C@H](CC(C)C)N2CCN[C@@H](CC(C)C)C2=O)CC1. The van der Waals surface area contributed by atoms with E-state index in [2.05, 4.69) is 51.9 Å². The van der Waals surface area contributed by atoms with E-state index in [1.807, 2.05) is 9.80 Å². The summed E-state index contributed by atoms with van der Waals surface area (Å²) in [7, 11) is 2.17. The third kappa shape index (κ3) is 7.23. The van der Waals surface area contributed by atoms with Crippen molar-refractivity contribution in [3.8, 4) is 0 Å². The predicted molar refractivity (Wildman–Crippen MR) is 123 cm³/mol. The second kappa shape index (κ2) is 12.0. The second-order valence-electron chi connectivity index (χ2n) is 10.3. The quantitative estimate of drug-likeness (QED) is 0.588. The number of nitrogens with one attached hydrogen (secondary N) is 1. The molecule has 2 aliphatic rings. The Bertz CT molecular complexity index is 543. The molecule has 2 aliphatic heterocycles. The van der Waals surface area contributed by atoms with Gasteiger partial charge in [-0.25, -0.2) is 0 Å². The van der Waals surface area contributed by atoms with Gasteiger partial charge in [-0.3, -0.25) is 9.59 Å². The average molecular weight is 423 g/mol. The molecule has 6 nitrogen and oxygen atoms in total. The maximum absolute atomic E-state index is 13.5. The molecule has 6 heteroatoms. The van der Waals surface area contributed by atoms with Crippen LogP contribution in [0.4, 0.5) is 0 Å². The van der Waals surface area contributed by atoms with Crippen molar-refractivity contribution < 1.29 is 9.59 Å². The Morgan fingerprint density at radius 1 is 1.13 bits per heavy atom. The molecule has 174 valence electrons. The van der Waals surface area contributed by atoms with Gasteiger partial charge in [0.25, 0.3) is 0 Å². The van der Waals surface area contributed by atoms with E-state index in [1.54, 1.807) is 0 Å². The van der Waals surface area contributed by atoms with E-state index in [4.69, 9.17) is 0 Å². The van der Waals surface area contributed by atoms with Crippen LogP contribution in [0, 0.1) is 17.8 Å². The Morgan fingerprint density at radius 3 is 2.37 bits per heavy atom. The van der Waals surface area contributed by atoms with Gasteiger partial charge in [0.1, 0.15) is 6.04 Å². The summed E-state index contributed by atoms with van der Waals surface area (Å²) in [6.07, 6.45) is 4.97. The fourth-order valence-corrected chi connectivity index (χ4v) is 4.74. The zero-order valence-electron chi connectivity index (χ0n) is 20.3. The molecule has 2 saturated heterocycles. The molecule has 2 heterocycles. The number of piperidine rings is 1. The van der Waals surface area contributed by atoms with Crippen LogP contribution in [0.15, 0.2) is 0 Å². The van der Waals surface area contributed by atoms with Crippen molar-refractivity contribution in [2.24, 2.45) is 17.8 Å². The number of amides is 2. The van der Waals surface area contributed by atoms with Crippen molar-refractivity contribution in [1.82, 2.24) is 20.0 Å². The zero-order valence-corrected chi connectivity index (χ0v) is 20.3. The third-order valence-corrected chi connectivity index (χ3v) is 6.77. The lowest BCUT2D eigenvalue weighted by molar-refractivity contribution is -0.150. The van der Waals surface area contributed by atoms with Crippen LogP contribution >= 0.6 is 0 Å². The fraction of sp³-hybridized carbons (Fsp3) is 0.917. The van der Waals surface area contributed by atoms with Crippen LogP contribution in [0.25, 0.3) is 0 Å². The summed E-state index contributed by atoms with van der Waals surface area (Å²) >= 11 is 0. The largest absolute Gasteiger partial charge is 0.341 e. The highest BCUT2D eigenvalue weighted by atomic mass is 16.2. The monoisotopic (exact) mass is 422 g/mol. The zero-order chi connectivity index (χ0) is 22.3. The Labute approximate surface area is 184 Å². The van der Waals surface area contributed by atoms with Gasteiger partial charge in [0.2, 0.25) is 11.8 Å². The standard InChI is InChI=1S/C24H46N4O2/c1-7-26(6)12-8-20-9-13-27(14-10-20)24(30)22(17-19(4)5)28-15-11-25-21(23(28)29)16-18(2)3/h18-22,25H,7-17H2,1-6H3/t21-,22-/m0/s1.